The number of nitriles is 1. The second kappa shape index (κ2) is 3.08. The zero-order valence-electron chi connectivity index (χ0n) is 7.07. The fourth-order valence-corrected chi connectivity index (χ4v) is 2.14. The van der Waals surface area contributed by atoms with Crippen LogP contribution in [0.15, 0.2) is 24.3 Å². The van der Waals surface area contributed by atoms with Crippen LogP contribution >= 0.6 is 11.3 Å². The number of benzene rings is 1. The first-order valence-electron chi connectivity index (χ1n) is 3.82. The van der Waals surface area contributed by atoms with Crippen LogP contribution in [-0.2, 0) is 0 Å². The lowest BCUT2D eigenvalue weighted by Gasteiger charge is -1.89. The first kappa shape index (κ1) is 8.09. The summed E-state index contributed by atoms with van der Waals surface area (Å²) in [6.45, 7) is 0. The van der Waals surface area contributed by atoms with E-state index in [1.54, 1.807) is 18.4 Å². The molecule has 0 amide bonds. The number of thiophene rings is 1. The van der Waals surface area contributed by atoms with Gasteiger partial charge in [0, 0.05) is 16.2 Å². The number of nitrogens with zero attached hydrogens (tertiary/aromatic N) is 1. The molecule has 0 aliphatic heterocycles. The molecule has 1 heterocycles. The Morgan fingerprint density at radius 2 is 2.31 bits per heavy atom. The standard InChI is InChI=1S/C10H7NOS/c1-12-10-5-8-7(6-11)3-2-4-9(8)13-10/h2-5H,1H3. The smallest absolute Gasteiger partial charge is 0.174 e. The maximum absolute atomic E-state index is 8.83. The van der Waals surface area contributed by atoms with Crippen LogP contribution in [0.4, 0.5) is 0 Å². The second-order valence-corrected chi connectivity index (χ2v) is 3.65. The molecular weight excluding hydrogens is 182 g/mol. The van der Waals surface area contributed by atoms with E-state index in [4.69, 9.17) is 10.00 Å². The summed E-state index contributed by atoms with van der Waals surface area (Å²) in [4.78, 5) is 0. The molecule has 2 aromatic rings. The quantitative estimate of drug-likeness (QED) is 0.691. The van der Waals surface area contributed by atoms with E-state index >= 15 is 0 Å². The average Bonchev–Trinajstić information content (AvgIpc) is 2.59. The first-order valence-corrected chi connectivity index (χ1v) is 4.63. The van der Waals surface area contributed by atoms with Crippen molar-refractivity contribution in [1.82, 2.24) is 0 Å². The van der Waals surface area contributed by atoms with Gasteiger partial charge in [-0.1, -0.05) is 17.4 Å². The van der Waals surface area contributed by atoms with Gasteiger partial charge in [0.2, 0.25) is 0 Å². The fourth-order valence-electron chi connectivity index (χ4n) is 1.24. The Kier molecular flexibility index (Phi) is 1.91. The minimum absolute atomic E-state index is 0.706. The van der Waals surface area contributed by atoms with Crippen LogP contribution in [0.1, 0.15) is 5.56 Å². The summed E-state index contributed by atoms with van der Waals surface area (Å²) in [5.74, 6) is 0. The van der Waals surface area contributed by atoms with Crippen molar-refractivity contribution in [2.24, 2.45) is 0 Å². The van der Waals surface area contributed by atoms with E-state index in [-0.39, 0.29) is 0 Å². The summed E-state index contributed by atoms with van der Waals surface area (Å²) in [5, 5.41) is 10.7. The van der Waals surface area contributed by atoms with Crippen LogP contribution in [0, 0.1) is 11.3 Å². The second-order valence-electron chi connectivity index (χ2n) is 2.60. The lowest BCUT2D eigenvalue weighted by Crippen LogP contribution is -1.74. The third kappa shape index (κ3) is 1.25. The highest BCUT2D eigenvalue weighted by Gasteiger charge is 2.04. The van der Waals surface area contributed by atoms with Gasteiger partial charge in [-0.3, -0.25) is 0 Å². The molecule has 13 heavy (non-hydrogen) atoms. The van der Waals surface area contributed by atoms with Gasteiger partial charge < -0.3 is 4.74 Å². The molecule has 2 rings (SSSR count). The molecule has 0 unspecified atom stereocenters. The van der Waals surface area contributed by atoms with E-state index in [1.807, 2.05) is 24.3 Å². The van der Waals surface area contributed by atoms with E-state index in [0.29, 0.717) is 5.56 Å². The molecule has 1 aromatic carbocycles. The molecule has 0 saturated carbocycles. The van der Waals surface area contributed by atoms with Crippen molar-refractivity contribution in [2.75, 3.05) is 7.11 Å². The number of ether oxygens (including phenoxy) is 1. The minimum Gasteiger partial charge on any atom is -0.487 e. The van der Waals surface area contributed by atoms with Crippen LogP contribution < -0.4 is 4.74 Å². The Balaban J connectivity index is 2.76. The molecular formula is C10H7NOS. The number of hydrogen-bond donors (Lipinski definition) is 0. The molecule has 2 nitrogen and oxygen atoms in total. The molecule has 0 atom stereocenters. The molecule has 0 aliphatic carbocycles. The molecule has 0 N–H and O–H groups in total. The molecule has 0 fully saturated rings. The largest absolute Gasteiger partial charge is 0.487 e. The highest BCUT2D eigenvalue weighted by molar-refractivity contribution is 7.20. The van der Waals surface area contributed by atoms with Crippen molar-refractivity contribution in [2.45, 2.75) is 0 Å². The summed E-state index contributed by atoms with van der Waals surface area (Å²) in [7, 11) is 1.64. The van der Waals surface area contributed by atoms with Gasteiger partial charge in [-0.15, -0.1) is 0 Å². The Morgan fingerprint density at radius 1 is 1.46 bits per heavy atom. The van der Waals surface area contributed by atoms with Gasteiger partial charge in [-0.2, -0.15) is 5.26 Å². The summed E-state index contributed by atoms with van der Waals surface area (Å²) >= 11 is 1.55. The predicted molar refractivity (Wildman–Crippen MR) is 53.1 cm³/mol. The maximum atomic E-state index is 8.83. The third-order valence-corrected chi connectivity index (χ3v) is 2.92. The van der Waals surface area contributed by atoms with E-state index in [2.05, 4.69) is 6.07 Å². The number of rotatable bonds is 1. The molecule has 0 bridgehead atoms. The molecule has 0 radical (unpaired) electrons. The van der Waals surface area contributed by atoms with Gasteiger partial charge in [-0.05, 0) is 12.1 Å². The van der Waals surface area contributed by atoms with Crippen molar-refractivity contribution in [3.63, 3.8) is 0 Å². The molecule has 0 saturated heterocycles. The van der Waals surface area contributed by atoms with Gasteiger partial charge in [0.05, 0.1) is 18.7 Å². The van der Waals surface area contributed by atoms with E-state index in [9.17, 15) is 0 Å². The number of fused-ring (bicyclic) bond motifs is 1. The van der Waals surface area contributed by atoms with Gasteiger partial charge in [-0.25, -0.2) is 0 Å². The predicted octanol–water partition coefficient (Wildman–Crippen LogP) is 2.78. The van der Waals surface area contributed by atoms with E-state index < -0.39 is 0 Å². The minimum atomic E-state index is 0.706. The van der Waals surface area contributed by atoms with Gasteiger partial charge in [0.15, 0.2) is 5.06 Å². The summed E-state index contributed by atoms with van der Waals surface area (Å²) in [5.41, 5.74) is 0.706. The number of hydrogen-bond acceptors (Lipinski definition) is 3. The SMILES string of the molecule is COc1cc2c(C#N)cccc2s1. The average molecular weight is 189 g/mol. The van der Waals surface area contributed by atoms with Gasteiger partial charge >= 0.3 is 0 Å². The van der Waals surface area contributed by atoms with Crippen LogP contribution in [0.25, 0.3) is 10.1 Å². The van der Waals surface area contributed by atoms with Gasteiger partial charge in [0.25, 0.3) is 0 Å². The van der Waals surface area contributed by atoms with Crippen LogP contribution in [0.3, 0.4) is 0 Å². The summed E-state index contributed by atoms with van der Waals surface area (Å²) in [6.07, 6.45) is 0. The van der Waals surface area contributed by atoms with Crippen LogP contribution in [0.5, 0.6) is 5.06 Å². The molecule has 64 valence electrons. The molecule has 1 aromatic heterocycles. The Morgan fingerprint density at radius 3 is 3.00 bits per heavy atom. The lowest BCUT2D eigenvalue weighted by molar-refractivity contribution is 0.427. The molecule has 0 spiro atoms. The highest BCUT2D eigenvalue weighted by atomic mass is 32.1. The van der Waals surface area contributed by atoms with Crippen molar-refractivity contribution >= 4 is 21.4 Å². The maximum Gasteiger partial charge on any atom is 0.174 e. The summed E-state index contributed by atoms with van der Waals surface area (Å²) < 4.78 is 6.20. The third-order valence-electron chi connectivity index (χ3n) is 1.86. The van der Waals surface area contributed by atoms with Crippen LogP contribution in [0.2, 0.25) is 0 Å². The van der Waals surface area contributed by atoms with Crippen LogP contribution in [-0.4, -0.2) is 7.11 Å². The van der Waals surface area contributed by atoms with Crippen molar-refractivity contribution in [1.29, 1.82) is 5.26 Å². The van der Waals surface area contributed by atoms with Crippen molar-refractivity contribution in [3.8, 4) is 11.1 Å². The highest BCUT2D eigenvalue weighted by Crippen LogP contribution is 2.32. The number of methoxy groups -OCH3 is 1. The Hall–Kier alpha value is -1.53. The van der Waals surface area contributed by atoms with E-state index in [0.717, 1.165) is 15.1 Å². The monoisotopic (exact) mass is 189 g/mol. The Labute approximate surface area is 80.0 Å². The zero-order valence-corrected chi connectivity index (χ0v) is 7.89. The first-order chi connectivity index (χ1) is 6.35. The molecule has 3 heteroatoms. The lowest BCUT2D eigenvalue weighted by atomic mass is 10.1. The van der Waals surface area contributed by atoms with Crippen molar-refractivity contribution in [3.05, 3.63) is 29.8 Å². The Bertz CT molecular complexity index is 481. The normalized spacial score (nSPS) is 9.85. The van der Waals surface area contributed by atoms with Gasteiger partial charge in [0.1, 0.15) is 0 Å². The topological polar surface area (TPSA) is 33.0 Å². The van der Waals surface area contributed by atoms with E-state index in [1.165, 1.54) is 0 Å². The van der Waals surface area contributed by atoms with Crippen molar-refractivity contribution < 1.29 is 4.74 Å². The zero-order chi connectivity index (χ0) is 9.26. The molecule has 0 aliphatic rings. The summed E-state index contributed by atoms with van der Waals surface area (Å²) in [6, 6.07) is 9.75. The fraction of sp³-hybridized carbons (Fsp3) is 0.100.